The first kappa shape index (κ1) is 19.9. The number of ether oxygens (including phenoxy) is 3. The molecule has 0 aliphatic rings. The zero-order chi connectivity index (χ0) is 17.1. The van der Waals surface area contributed by atoms with Gasteiger partial charge in [0, 0.05) is 26.7 Å². The molecule has 0 heterocycles. The van der Waals surface area contributed by atoms with Gasteiger partial charge in [-0.15, -0.1) is 0 Å². The van der Waals surface area contributed by atoms with E-state index in [4.69, 9.17) is 19.3 Å². The first-order chi connectivity index (χ1) is 10.2. The summed E-state index contributed by atoms with van der Waals surface area (Å²) in [7, 11) is 0. The van der Waals surface area contributed by atoms with Crippen LogP contribution in [0.3, 0.4) is 0 Å². The number of hydrogen-bond donors (Lipinski definition) is 1. The number of carboxylic acid groups (broad SMARTS) is 1. The van der Waals surface area contributed by atoms with E-state index >= 15 is 0 Å². The van der Waals surface area contributed by atoms with E-state index in [-0.39, 0.29) is 32.0 Å². The third-order valence-electron chi connectivity index (χ3n) is 2.61. The molecule has 0 saturated heterocycles. The highest BCUT2D eigenvalue weighted by atomic mass is 16.6. The lowest BCUT2D eigenvalue weighted by Gasteiger charge is -2.17. The zero-order valence-corrected chi connectivity index (χ0v) is 13.0. The van der Waals surface area contributed by atoms with Crippen molar-refractivity contribution in [2.24, 2.45) is 5.92 Å². The summed E-state index contributed by atoms with van der Waals surface area (Å²) in [4.78, 5) is 43.7. The van der Waals surface area contributed by atoms with Gasteiger partial charge >= 0.3 is 23.9 Å². The smallest absolute Gasteiger partial charge is 0.306 e. The SMILES string of the molecule is CC(=O)OCC(COC(C)=O)OC(=O)CCC(C)CC(=O)O. The fourth-order valence-corrected chi connectivity index (χ4v) is 1.55. The molecule has 0 rings (SSSR count). The summed E-state index contributed by atoms with van der Waals surface area (Å²) in [6.45, 7) is 3.71. The minimum absolute atomic E-state index is 0.0302. The molecule has 1 atom stereocenters. The second kappa shape index (κ2) is 10.6. The van der Waals surface area contributed by atoms with Crippen molar-refractivity contribution in [2.45, 2.75) is 46.1 Å². The third-order valence-corrected chi connectivity index (χ3v) is 2.61. The lowest BCUT2D eigenvalue weighted by molar-refractivity contribution is -0.165. The van der Waals surface area contributed by atoms with Crippen LogP contribution in [-0.4, -0.2) is 48.3 Å². The Bertz CT molecular complexity index is 386. The number of carbonyl (C=O) groups excluding carboxylic acids is 3. The molecule has 8 heteroatoms. The van der Waals surface area contributed by atoms with E-state index in [1.165, 1.54) is 13.8 Å². The number of esters is 3. The van der Waals surface area contributed by atoms with Crippen LogP contribution < -0.4 is 0 Å². The number of carboxylic acids is 1. The maximum atomic E-state index is 11.7. The van der Waals surface area contributed by atoms with Gasteiger partial charge in [0.1, 0.15) is 13.2 Å². The van der Waals surface area contributed by atoms with E-state index < -0.39 is 30.0 Å². The Morgan fingerprint density at radius 2 is 1.50 bits per heavy atom. The van der Waals surface area contributed by atoms with Crippen molar-refractivity contribution in [3.05, 3.63) is 0 Å². The van der Waals surface area contributed by atoms with Crippen LogP contribution >= 0.6 is 0 Å². The second-order valence-corrected chi connectivity index (χ2v) is 4.96. The Labute approximate surface area is 128 Å². The molecule has 0 aromatic heterocycles. The molecule has 1 N–H and O–H groups in total. The lowest BCUT2D eigenvalue weighted by atomic mass is 10.0. The van der Waals surface area contributed by atoms with Crippen LogP contribution in [0.1, 0.15) is 40.0 Å². The molecule has 0 bridgehead atoms. The standard InChI is InChI=1S/C14H22O8/c1-9(6-13(17)18)4-5-14(19)22-12(7-20-10(2)15)8-21-11(3)16/h9,12H,4-8H2,1-3H3,(H,17,18). The van der Waals surface area contributed by atoms with Crippen LogP contribution in [0, 0.1) is 5.92 Å². The molecule has 126 valence electrons. The quantitative estimate of drug-likeness (QED) is 0.467. The van der Waals surface area contributed by atoms with Gasteiger partial charge in [0.15, 0.2) is 6.10 Å². The zero-order valence-electron chi connectivity index (χ0n) is 13.0. The van der Waals surface area contributed by atoms with Gasteiger partial charge in [0.2, 0.25) is 0 Å². The van der Waals surface area contributed by atoms with Gasteiger partial charge < -0.3 is 19.3 Å². The number of aliphatic carboxylic acids is 1. The molecular weight excluding hydrogens is 296 g/mol. The van der Waals surface area contributed by atoms with E-state index in [2.05, 4.69) is 0 Å². The molecule has 0 saturated carbocycles. The first-order valence-electron chi connectivity index (χ1n) is 6.88. The molecule has 0 aromatic carbocycles. The summed E-state index contributed by atoms with van der Waals surface area (Å²) in [6.07, 6.45) is -0.517. The van der Waals surface area contributed by atoms with Crippen molar-refractivity contribution >= 4 is 23.9 Å². The second-order valence-electron chi connectivity index (χ2n) is 4.96. The van der Waals surface area contributed by atoms with Gasteiger partial charge in [0.05, 0.1) is 0 Å². The van der Waals surface area contributed by atoms with Gasteiger partial charge in [-0.25, -0.2) is 0 Å². The molecule has 0 aliphatic heterocycles. The van der Waals surface area contributed by atoms with E-state index in [0.717, 1.165) is 0 Å². The minimum Gasteiger partial charge on any atom is -0.481 e. The molecule has 0 amide bonds. The van der Waals surface area contributed by atoms with Crippen molar-refractivity contribution in [3.63, 3.8) is 0 Å². The molecule has 22 heavy (non-hydrogen) atoms. The van der Waals surface area contributed by atoms with Crippen molar-refractivity contribution in [2.75, 3.05) is 13.2 Å². The van der Waals surface area contributed by atoms with Gasteiger partial charge in [-0.2, -0.15) is 0 Å². The predicted molar refractivity (Wildman–Crippen MR) is 73.8 cm³/mol. The fourth-order valence-electron chi connectivity index (χ4n) is 1.55. The minimum atomic E-state index is -0.927. The van der Waals surface area contributed by atoms with E-state index in [1.54, 1.807) is 6.92 Å². The Morgan fingerprint density at radius 3 is 1.91 bits per heavy atom. The Kier molecular flexibility index (Phi) is 9.56. The molecule has 0 radical (unpaired) electrons. The summed E-state index contributed by atoms with van der Waals surface area (Å²) < 4.78 is 14.5. The summed E-state index contributed by atoms with van der Waals surface area (Å²) in [5, 5.41) is 8.63. The molecule has 0 fully saturated rings. The monoisotopic (exact) mass is 318 g/mol. The Balaban J connectivity index is 4.25. The lowest BCUT2D eigenvalue weighted by Crippen LogP contribution is -2.30. The highest BCUT2D eigenvalue weighted by Crippen LogP contribution is 2.11. The molecule has 0 aromatic rings. The van der Waals surface area contributed by atoms with Gasteiger partial charge in [-0.3, -0.25) is 19.2 Å². The van der Waals surface area contributed by atoms with E-state index in [0.29, 0.717) is 6.42 Å². The van der Waals surface area contributed by atoms with Crippen molar-refractivity contribution < 1.29 is 38.5 Å². The predicted octanol–water partition coefficient (Wildman–Crippen LogP) is 0.915. The van der Waals surface area contributed by atoms with Crippen LogP contribution in [0.25, 0.3) is 0 Å². The summed E-state index contributed by atoms with van der Waals surface area (Å²) >= 11 is 0. The first-order valence-corrected chi connectivity index (χ1v) is 6.88. The maximum absolute atomic E-state index is 11.7. The number of hydrogen-bond acceptors (Lipinski definition) is 7. The van der Waals surface area contributed by atoms with Gasteiger partial charge in [-0.1, -0.05) is 6.92 Å². The van der Waals surface area contributed by atoms with Crippen molar-refractivity contribution in [3.8, 4) is 0 Å². The van der Waals surface area contributed by atoms with Crippen molar-refractivity contribution in [1.82, 2.24) is 0 Å². The van der Waals surface area contributed by atoms with Crippen molar-refractivity contribution in [1.29, 1.82) is 0 Å². The summed E-state index contributed by atoms with van der Waals surface area (Å²) in [5.41, 5.74) is 0. The molecular formula is C14H22O8. The molecule has 0 aliphatic carbocycles. The Morgan fingerprint density at radius 1 is 1.00 bits per heavy atom. The highest BCUT2D eigenvalue weighted by Gasteiger charge is 2.19. The summed E-state index contributed by atoms with van der Waals surface area (Å²) in [6, 6.07) is 0. The van der Waals surface area contributed by atoms with Gasteiger partial charge in [-0.05, 0) is 12.3 Å². The van der Waals surface area contributed by atoms with Crippen LogP contribution in [0.2, 0.25) is 0 Å². The average molecular weight is 318 g/mol. The fraction of sp³-hybridized carbons (Fsp3) is 0.714. The largest absolute Gasteiger partial charge is 0.481 e. The normalized spacial score (nSPS) is 11.6. The average Bonchev–Trinajstić information content (AvgIpc) is 2.38. The van der Waals surface area contributed by atoms with Gasteiger partial charge in [0.25, 0.3) is 0 Å². The molecule has 8 nitrogen and oxygen atoms in total. The van der Waals surface area contributed by atoms with E-state index in [9.17, 15) is 19.2 Å². The number of carbonyl (C=O) groups is 4. The third kappa shape index (κ3) is 11.7. The molecule has 1 unspecified atom stereocenters. The topological polar surface area (TPSA) is 116 Å². The Hall–Kier alpha value is -2.12. The highest BCUT2D eigenvalue weighted by molar-refractivity contribution is 5.70. The summed E-state index contributed by atoms with van der Waals surface area (Å²) in [5.74, 6) is -2.74. The maximum Gasteiger partial charge on any atom is 0.306 e. The van der Waals surface area contributed by atoms with Crippen LogP contribution in [0.15, 0.2) is 0 Å². The van der Waals surface area contributed by atoms with Crippen LogP contribution in [0.5, 0.6) is 0 Å². The van der Waals surface area contributed by atoms with Crippen LogP contribution in [0.4, 0.5) is 0 Å². The van der Waals surface area contributed by atoms with E-state index in [1.807, 2.05) is 0 Å². The van der Waals surface area contributed by atoms with Crippen LogP contribution in [-0.2, 0) is 33.4 Å². The number of rotatable bonds is 10. The molecule has 0 spiro atoms.